The van der Waals surface area contributed by atoms with Gasteiger partial charge in [0.1, 0.15) is 0 Å². The Bertz CT molecular complexity index is 282. The summed E-state index contributed by atoms with van der Waals surface area (Å²) in [6.07, 6.45) is 0.353. The fraction of sp³-hybridized carbons (Fsp3) is 0.833. The molecule has 2 rings (SSSR count). The molecule has 2 amide bonds. The highest BCUT2D eigenvalue weighted by Gasteiger charge is 2.21. The van der Waals surface area contributed by atoms with Crippen LogP contribution in [0.15, 0.2) is 0 Å². The van der Waals surface area contributed by atoms with Gasteiger partial charge in [0, 0.05) is 45.7 Å². The molecule has 2 heterocycles. The van der Waals surface area contributed by atoms with E-state index in [0.29, 0.717) is 45.8 Å². The van der Waals surface area contributed by atoms with Gasteiger partial charge in [-0.2, -0.15) is 0 Å². The second-order valence-corrected chi connectivity index (χ2v) is 4.75. The summed E-state index contributed by atoms with van der Waals surface area (Å²) in [5, 5.41) is 9.09. The van der Waals surface area contributed by atoms with Crippen LogP contribution >= 0.6 is 0 Å². The lowest BCUT2D eigenvalue weighted by molar-refractivity contribution is -0.135. The lowest BCUT2D eigenvalue weighted by Gasteiger charge is -2.27. The highest BCUT2D eigenvalue weighted by molar-refractivity contribution is 5.83. The number of nitrogens with zero attached hydrogens (tertiary/aromatic N) is 1. The number of ether oxygens (including phenoxy) is 1. The Morgan fingerprint density at radius 2 is 2.05 bits per heavy atom. The van der Waals surface area contributed by atoms with Gasteiger partial charge < -0.3 is 25.6 Å². The van der Waals surface area contributed by atoms with E-state index in [4.69, 9.17) is 4.74 Å². The van der Waals surface area contributed by atoms with E-state index in [0.717, 1.165) is 13.1 Å². The molecule has 0 aromatic carbocycles. The summed E-state index contributed by atoms with van der Waals surface area (Å²) in [6, 6.07) is -0.188. The van der Waals surface area contributed by atoms with Crippen LogP contribution in [0.4, 0.5) is 0 Å². The Morgan fingerprint density at radius 3 is 2.74 bits per heavy atom. The number of carbonyl (C=O) groups excluding carboxylic acids is 2. The molecule has 2 aliphatic rings. The third kappa shape index (κ3) is 4.45. The lowest BCUT2D eigenvalue weighted by atomic mass is 10.2. The van der Waals surface area contributed by atoms with Crippen LogP contribution in [0.5, 0.6) is 0 Å². The zero-order valence-corrected chi connectivity index (χ0v) is 11.1. The van der Waals surface area contributed by atoms with Crippen LogP contribution in [0.1, 0.15) is 6.42 Å². The van der Waals surface area contributed by atoms with E-state index in [-0.39, 0.29) is 17.9 Å². The van der Waals surface area contributed by atoms with Crippen LogP contribution < -0.4 is 16.0 Å². The van der Waals surface area contributed by atoms with Crippen LogP contribution in [0.3, 0.4) is 0 Å². The Balaban J connectivity index is 1.62. The van der Waals surface area contributed by atoms with Crippen LogP contribution in [-0.4, -0.2) is 75.2 Å². The number of hydrogen-bond acceptors (Lipinski definition) is 5. The van der Waals surface area contributed by atoms with E-state index in [2.05, 4.69) is 16.0 Å². The standard InChI is InChI=1S/C12H22N4O3/c17-11(16-5-7-19-8-6-16)1-2-15-12(18)10-9-13-3-4-14-10/h10,13-14H,1-9H2,(H,15,18). The van der Waals surface area contributed by atoms with Crippen molar-refractivity contribution in [3.63, 3.8) is 0 Å². The van der Waals surface area contributed by atoms with Gasteiger partial charge in [0.2, 0.25) is 11.8 Å². The normalized spacial score (nSPS) is 24.0. The molecule has 2 fully saturated rings. The topological polar surface area (TPSA) is 82.7 Å². The first-order chi connectivity index (χ1) is 9.27. The molecule has 0 aromatic rings. The van der Waals surface area contributed by atoms with E-state index in [9.17, 15) is 9.59 Å². The first-order valence-electron chi connectivity index (χ1n) is 6.85. The van der Waals surface area contributed by atoms with Crippen LogP contribution in [0.25, 0.3) is 0 Å². The average Bonchev–Trinajstić information content (AvgIpc) is 2.49. The van der Waals surface area contributed by atoms with Gasteiger partial charge in [-0.25, -0.2) is 0 Å². The number of amides is 2. The molecule has 7 heteroatoms. The van der Waals surface area contributed by atoms with Crippen molar-refractivity contribution in [1.29, 1.82) is 0 Å². The minimum Gasteiger partial charge on any atom is -0.378 e. The summed E-state index contributed by atoms with van der Waals surface area (Å²) in [6.45, 7) is 5.24. The van der Waals surface area contributed by atoms with Crippen molar-refractivity contribution in [3.05, 3.63) is 0 Å². The quantitative estimate of drug-likeness (QED) is 0.546. The highest BCUT2D eigenvalue weighted by atomic mass is 16.5. The molecule has 0 spiro atoms. The first kappa shape index (κ1) is 14.2. The molecular formula is C12H22N4O3. The second kappa shape index (κ2) is 7.42. The molecule has 108 valence electrons. The molecule has 19 heavy (non-hydrogen) atoms. The summed E-state index contributed by atoms with van der Waals surface area (Å²) in [5.41, 5.74) is 0. The van der Waals surface area contributed by atoms with Crippen molar-refractivity contribution < 1.29 is 14.3 Å². The van der Waals surface area contributed by atoms with Gasteiger partial charge in [-0.05, 0) is 0 Å². The molecule has 3 N–H and O–H groups in total. The number of hydrogen-bond donors (Lipinski definition) is 3. The zero-order valence-electron chi connectivity index (χ0n) is 11.1. The number of piperazine rings is 1. The van der Waals surface area contributed by atoms with Crippen molar-refractivity contribution in [2.75, 3.05) is 52.5 Å². The van der Waals surface area contributed by atoms with E-state index >= 15 is 0 Å². The van der Waals surface area contributed by atoms with E-state index in [1.165, 1.54) is 0 Å². The monoisotopic (exact) mass is 270 g/mol. The average molecular weight is 270 g/mol. The maximum Gasteiger partial charge on any atom is 0.238 e. The summed E-state index contributed by atoms with van der Waals surface area (Å²) in [5.74, 6) is 0.0419. The van der Waals surface area contributed by atoms with Gasteiger partial charge in [-0.15, -0.1) is 0 Å². The fourth-order valence-corrected chi connectivity index (χ4v) is 2.23. The Labute approximate surface area is 113 Å². The van der Waals surface area contributed by atoms with Crippen molar-refractivity contribution in [2.45, 2.75) is 12.5 Å². The summed E-state index contributed by atoms with van der Waals surface area (Å²) in [7, 11) is 0. The first-order valence-corrected chi connectivity index (χ1v) is 6.85. The summed E-state index contributed by atoms with van der Waals surface area (Å²) in [4.78, 5) is 25.4. The van der Waals surface area contributed by atoms with Gasteiger partial charge >= 0.3 is 0 Å². The molecule has 7 nitrogen and oxygen atoms in total. The van der Waals surface area contributed by atoms with Crippen LogP contribution in [-0.2, 0) is 14.3 Å². The maximum absolute atomic E-state index is 11.8. The SMILES string of the molecule is O=C(NCCC(=O)N1CCOCC1)C1CNCCN1. The number of carbonyl (C=O) groups is 2. The highest BCUT2D eigenvalue weighted by Crippen LogP contribution is 1.99. The van der Waals surface area contributed by atoms with Gasteiger partial charge in [-0.1, -0.05) is 0 Å². The van der Waals surface area contributed by atoms with E-state index in [1.807, 2.05) is 0 Å². The molecule has 1 unspecified atom stereocenters. The largest absolute Gasteiger partial charge is 0.378 e. The number of nitrogens with one attached hydrogen (secondary N) is 3. The van der Waals surface area contributed by atoms with Gasteiger partial charge in [0.25, 0.3) is 0 Å². The van der Waals surface area contributed by atoms with Gasteiger partial charge in [0.15, 0.2) is 0 Å². The predicted octanol–water partition coefficient (Wildman–Crippen LogP) is -2.09. The van der Waals surface area contributed by atoms with E-state index < -0.39 is 0 Å². The number of rotatable bonds is 4. The maximum atomic E-state index is 11.8. The molecule has 1 atom stereocenters. The van der Waals surface area contributed by atoms with Crippen molar-refractivity contribution >= 4 is 11.8 Å². The Hall–Kier alpha value is -1.18. The number of morpholine rings is 1. The molecule has 0 bridgehead atoms. The summed E-state index contributed by atoms with van der Waals surface area (Å²) < 4.78 is 5.19. The third-order valence-electron chi connectivity index (χ3n) is 3.36. The van der Waals surface area contributed by atoms with Crippen molar-refractivity contribution in [3.8, 4) is 0 Å². The smallest absolute Gasteiger partial charge is 0.238 e. The third-order valence-corrected chi connectivity index (χ3v) is 3.36. The minimum absolute atomic E-state index is 0.0398. The molecule has 2 aliphatic heterocycles. The molecule has 0 aromatic heterocycles. The lowest BCUT2D eigenvalue weighted by Crippen LogP contribution is -2.56. The molecule has 0 radical (unpaired) electrons. The Kier molecular flexibility index (Phi) is 5.56. The molecule has 2 saturated heterocycles. The Morgan fingerprint density at radius 1 is 1.26 bits per heavy atom. The van der Waals surface area contributed by atoms with E-state index in [1.54, 1.807) is 4.90 Å². The fourth-order valence-electron chi connectivity index (χ4n) is 2.23. The minimum atomic E-state index is -0.188. The molecular weight excluding hydrogens is 248 g/mol. The van der Waals surface area contributed by atoms with Gasteiger partial charge in [-0.3, -0.25) is 9.59 Å². The molecule has 0 aliphatic carbocycles. The van der Waals surface area contributed by atoms with Gasteiger partial charge in [0.05, 0.1) is 19.3 Å². The van der Waals surface area contributed by atoms with Crippen LogP contribution in [0.2, 0.25) is 0 Å². The van der Waals surface area contributed by atoms with Crippen molar-refractivity contribution in [1.82, 2.24) is 20.9 Å². The van der Waals surface area contributed by atoms with Crippen LogP contribution in [0, 0.1) is 0 Å². The second-order valence-electron chi connectivity index (χ2n) is 4.75. The van der Waals surface area contributed by atoms with Crippen molar-refractivity contribution in [2.24, 2.45) is 0 Å². The summed E-state index contributed by atoms with van der Waals surface area (Å²) >= 11 is 0. The predicted molar refractivity (Wildman–Crippen MR) is 69.7 cm³/mol. The zero-order chi connectivity index (χ0) is 13.5. The molecule has 0 saturated carbocycles.